The molecule has 2 atom stereocenters. The summed E-state index contributed by atoms with van der Waals surface area (Å²) in [6, 6.07) is 14.0. The Kier molecular flexibility index (Phi) is 5.24. The predicted molar refractivity (Wildman–Crippen MR) is 101 cm³/mol. The summed E-state index contributed by atoms with van der Waals surface area (Å²) in [4.78, 5) is 2.48. The van der Waals surface area contributed by atoms with Gasteiger partial charge in [-0.15, -0.1) is 0 Å². The third kappa shape index (κ3) is 4.53. The van der Waals surface area contributed by atoms with Crippen molar-refractivity contribution in [1.29, 1.82) is 0 Å². The lowest BCUT2D eigenvalue weighted by Gasteiger charge is -2.26. The largest absolute Gasteiger partial charge is 0.416 e. The summed E-state index contributed by atoms with van der Waals surface area (Å²) >= 11 is 0. The van der Waals surface area contributed by atoms with Gasteiger partial charge in [-0.25, -0.2) is 0 Å². The van der Waals surface area contributed by atoms with Gasteiger partial charge in [-0.05, 0) is 61.2 Å². The number of benzene rings is 2. The monoisotopic (exact) mass is 374 g/mol. The van der Waals surface area contributed by atoms with Crippen molar-refractivity contribution in [3.8, 4) is 11.1 Å². The minimum Gasteiger partial charge on any atom is -0.301 e. The summed E-state index contributed by atoms with van der Waals surface area (Å²) in [7, 11) is 0. The molecule has 144 valence electrons. The molecule has 0 amide bonds. The maximum atomic E-state index is 12.9. The Labute approximate surface area is 158 Å². The Bertz CT molecular complexity index is 764. The number of alkyl halides is 3. The van der Waals surface area contributed by atoms with Gasteiger partial charge in [0.2, 0.25) is 0 Å². The molecule has 5 heteroatoms. The molecule has 1 aliphatic heterocycles. The van der Waals surface area contributed by atoms with E-state index in [1.165, 1.54) is 50.0 Å². The Morgan fingerprint density at radius 2 is 1.67 bits per heavy atom. The highest BCUT2D eigenvalue weighted by Gasteiger charge is 2.38. The molecular formula is C22H25F3N2. The molecule has 4 rings (SSSR count). The second kappa shape index (κ2) is 7.64. The van der Waals surface area contributed by atoms with Crippen LogP contribution < -0.4 is 5.32 Å². The molecule has 1 N–H and O–H groups in total. The number of piperidine rings is 1. The van der Waals surface area contributed by atoms with Crippen molar-refractivity contribution in [1.82, 2.24) is 10.2 Å². The van der Waals surface area contributed by atoms with Crippen LogP contribution in [0.25, 0.3) is 11.1 Å². The molecule has 0 radical (unpaired) electrons. The summed E-state index contributed by atoms with van der Waals surface area (Å²) in [5.74, 6) is 0.519. The highest BCUT2D eigenvalue weighted by Crippen LogP contribution is 2.41. The van der Waals surface area contributed by atoms with Crippen molar-refractivity contribution >= 4 is 0 Å². The van der Waals surface area contributed by atoms with E-state index < -0.39 is 11.7 Å². The lowest BCUT2D eigenvalue weighted by atomic mass is 10.0. The zero-order valence-electron chi connectivity index (χ0n) is 15.3. The van der Waals surface area contributed by atoms with Crippen LogP contribution in [0.15, 0.2) is 48.5 Å². The van der Waals surface area contributed by atoms with Gasteiger partial charge in [0.25, 0.3) is 0 Å². The standard InChI is InChI=1S/C22H25F3N2/c23-22(24,25)19-6-4-5-18(13-19)16-7-9-17(10-8-16)20-14-21(20)26-15-27-11-2-1-3-12-27/h4-10,13,20-21,26H,1-3,11-12,14-15H2. The first kappa shape index (κ1) is 18.5. The van der Waals surface area contributed by atoms with E-state index in [4.69, 9.17) is 0 Å². The fourth-order valence-electron chi connectivity index (χ4n) is 3.95. The quantitative estimate of drug-likeness (QED) is 0.768. The minimum absolute atomic E-state index is 0.519. The smallest absolute Gasteiger partial charge is 0.301 e. The first-order valence-corrected chi connectivity index (χ1v) is 9.74. The van der Waals surface area contributed by atoms with Gasteiger partial charge in [-0.2, -0.15) is 13.2 Å². The Morgan fingerprint density at radius 3 is 2.37 bits per heavy atom. The van der Waals surface area contributed by atoms with Gasteiger partial charge in [0.1, 0.15) is 0 Å². The van der Waals surface area contributed by atoms with Crippen LogP contribution in [0.2, 0.25) is 0 Å². The fraction of sp³-hybridized carbons (Fsp3) is 0.455. The van der Waals surface area contributed by atoms with Crippen molar-refractivity contribution in [2.45, 2.75) is 43.8 Å². The molecule has 2 fully saturated rings. The second-order valence-corrected chi connectivity index (χ2v) is 7.69. The van der Waals surface area contributed by atoms with E-state index in [9.17, 15) is 13.2 Å². The lowest BCUT2D eigenvalue weighted by Crippen LogP contribution is -2.38. The van der Waals surface area contributed by atoms with E-state index in [1.807, 2.05) is 12.1 Å². The molecule has 2 nitrogen and oxygen atoms in total. The number of halogens is 3. The normalized spacial score (nSPS) is 23.4. The van der Waals surface area contributed by atoms with E-state index in [0.717, 1.165) is 24.7 Å². The van der Waals surface area contributed by atoms with Gasteiger partial charge in [0.15, 0.2) is 0 Å². The van der Waals surface area contributed by atoms with Gasteiger partial charge < -0.3 is 5.32 Å². The molecule has 2 unspecified atom stereocenters. The van der Waals surface area contributed by atoms with Crippen LogP contribution in [0.5, 0.6) is 0 Å². The summed E-state index contributed by atoms with van der Waals surface area (Å²) in [6.07, 6.45) is 0.772. The van der Waals surface area contributed by atoms with Crippen molar-refractivity contribution < 1.29 is 13.2 Å². The third-order valence-corrected chi connectivity index (χ3v) is 5.68. The van der Waals surface area contributed by atoms with Gasteiger partial charge in [-0.1, -0.05) is 42.8 Å². The molecule has 1 saturated heterocycles. The Balaban J connectivity index is 1.36. The van der Waals surface area contributed by atoms with Crippen LogP contribution in [0.1, 0.15) is 42.7 Å². The zero-order chi connectivity index (χ0) is 18.9. The molecular weight excluding hydrogens is 349 g/mol. The van der Waals surface area contributed by atoms with Crippen molar-refractivity contribution in [3.05, 3.63) is 59.7 Å². The number of nitrogens with one attached hydrogen (secondary N) is 1. The molecule has 0 bridgehead atoms. The molecule has 27 heavy (non-hydrogen) atoms. The Hall–Kier alpha value is -1.85. The first-order valence-electron chi connectivity index (χ1n) is 9.74. The molecule has 1 aliphatic carbocycles. The van der Waals surface area contributed by atoms with Crippen molar-refractivity contribution in [2.24, 2.45) is 0 Å². The van der Waals surface area contributed by atoms with Crippen LogP contribution in [-0.4, -0.2) is 30.7 Å². The van der Waals surface area contributed by atoms with E-state index in [2.05, 4.69) is 22.3 Å². The summed E-state index contributed by atoms with van der Waals surface area (Å²) < 4.78 is 38.7. The molecule has 1 saturated carbocycles. The van der Waals surface area contributed by atoms with Crippen LogP contribution in [0.3, 0.4) is 0 Å². The summed E-state index contributed by atoms with van der Waals surface area (Å²) in [5, 5.41) is 3.65. The average Bonchev–Trinajstić information content (AvgIpc) is 3.47. The zero-order valence-corrected chi connectivity index (χ0v) is 15.3. The maximum Gasteiger partial charge on any atom is 0.416 e. The topological polar surface area (TPSA) is 15.3 Å². The SMILES string of the molecule is FC(F)(F)c1cccc(-c2ccc(C3CC3NCN3CCCCC3)cc2)c1. The van der Waals surface area contributed by atoms with Crippen molar-refractivity contribution in [3.63, 3.8) is 0 Å². The number of nitrogens with zero attached hydrogens (tertiary/aromatic N) is 1. The minimum atomic E-state index is -4.31. The lowest BCUT2D eigenvalue weighted by molar-refractivity contribution is -0.137. The molecule has 2 aromatic rings. The fourth-order valence-corrected chi connectivity index (χ4v) is 3.95. The molecule has 1 heterocycles. The Morgan fingerprint density at radius 1 is 0.926 bits per heavy atom. The number of likely N-dealkylation sites (tertiary alicyclic amines) is 1. The van der Waals surface area contributed by atoms with Gasteiger partial charge in [0.05, 0.1) is 5.56 Å². The highest BCUT2D eigenvalue weighted by atomic mass is 19.4. The third-order valence-electron chi connectivity index (χ3n) is 5.68. The first-order chi connectivity index (χ1) is 13.0. The summed E-state index contributed by atoms with van der Waals surface area (Å²) in [6.45, 7) is 3.34. The van der Waals surface area contributed by atoms with Gasteiger partial charge in [-0.3, -0.25) is 4.90 Å². The van der Waals surface area contributed by atoms with Crippen LogP contribution >= 0.6 is 0 Å². The van der Waals surface area contributed by atoms with Crippen LogP contribution in [0.4, 0.5) is 13.2 Å². The molecule has 2 aliphatic rings. The van der Waals surface area contributed by atoms with Crippen LogP contribution in [0, 0.1) is 0 Å². The van der Waals surface area contributed by atoms with E-state index >= 15 is 0 Å². The van der Waals surface area contributed by atoms with Gasteiger partial charge in [0, 0.05) is 18.6 Å². The highest BCUT2D eigenvalue weighted by molar-refractivity contribution is 5.65. The average molecular weight is 374 g/mol. The second-order valence-electron chi connectivity index (χ2n) is 7.69. The summed E-state index contributed by atoms with van der Waals surface area (Å²) in [5.41, 5.74) is 2.09. The van der Waals surface area contributed by atoms with E-state index in [-0.39, 0.29) is 0 Å². The van der Waals surface area contributed by atoms with Gasteiger partial charge >= 0.3 is 6.18 Å². The predicted octanol–water partition coefficient (Wildman–Crippen LogP) is 5.26. The molecule has 0 aromatic heterocycles. The maximum absolute atomic E-state index is 12.9. The van der Waals surface area contributed by atoms with Crippen LogP contribution in [-0.2, 0) is 6.18 Å². The molecule has 0 spiro atoms. The molecule has 2 aromatic carbocycles. The van der Waals surface area contributed by atoms with Crippen molar-refractivity contribution in [2.75, 3.05) is 19.8 Å². The van der Waals surface area contributed by atoms with E-state index in [0.29, 0.717) is 17.5 Å². The number of hydrogen-bond donors (Lipinski definition) is 1. The van der Waals surface area contributed by atoms with E-state index in [1.54, 1.807) is 6.07 Å². The number of hydrogen-bond acceptors (Lipinski definition) is 2. The number of rotatable bonds is 5.